The Morgan fingerprint density at radius 3 is 2.92 bits per heavy atom. The highest BCUT2D eigenvalue weighted by Gasteiger charge is 2.06. The van der Waals surface area contributed by atoms with Crippen molar-refractivity contribution >= 4 is 15.9 Å². The van der Waals surface area contributed by atoms with E-state index in [-0.39, 0.29) is 0 Å². The van der Waals surface area contributed by atoms with Crippen molar-refractivity contribution < 1.29 is 0 Å². The molecule has 2 nitrogen and oxygen atoms in total. The van der Waals surface area contributed by atoms with Gasteiger partial charge in [-0.05, 0) is 13.3 Å². The lowest BCUT2D eigenvalue weighted by atomic mass is 10.2. The summed E-state index contributed by atoms with van der Waals surface area (Å²) in [6.07, 6.45) is 6.08. The van der Waals surface area contributed by atoms with Crippen molar-refractivity contribution in [3.8, 4) is 0 Å². The van der Waals surface area contributed by atoms with E-state index in [1.54, 1.807) is 0 Å². The topological polar surface area (TPSA) is 17.8 Å². The van der Waals surface area contributed by atoms with Crippen LogP contribution in [-0.4, -0.2) is 14.4 Å². The minimum Gasteiger partial charge on any atom is -0.335 e. The van der Waals surface area contributed by atoms with Crippen molar-refractivity contribution in [3.63, 3.8) is 0 Å². The molecular formula is C9H15BrN2. The van der Waals surface area contributed by atoms with Crippen molar-refractivity contribution in [2.24, 2.45) is 0 Å². The molecule has 1 atom stereocenters. The number of alkyl halides is 1. The van der Waals surface area contributed by atoms with Crippen molar-refractivity contribution in [1.82, 2.24) is 9.55 Å². The summed E-state index contributed by atoms with van der Waals surface area (Å²) in [5.74, 6) is 1.18. The van der Waals surface area contributed by atoms with E-state index < -0.39 is 0 Å². The molecule has 1 heterocycles. The highest BCUT2D eigenvalue weighted by Crippen LogP contribution is 2.11. The SMILES string of the molecule is CCC(Br)Cc1nccn1CC. The standard InChI is InChI=1S/C9H15BrN2/c1-3-8(10)7-9-11-5-6-12(9)4-2/h5-6,8H,3-4,7H2,1-2H3. The number of hydrogen-bond donors (Lipinski definition) is 0. The summed E-state index contributed by atoms with van der Waals surface area (Å²) in [6, 6.07) is 0. The monoisotopic (exact) mass is 230 g/mol. The van der Waals surface area contributed by atoms with Crippen LogP contribution in [0, 0.1) is 0 Å². The van der Waals surface area contributed by atoms with Gasteiger partial charge in [0.2, 0.25) is 0 Å². The number of halogens is 1. The molecule has 0 aliphatic carbocycles. The summed E-state index contributed by atoms with van der Waals surface area (Å²) in [7, 11) is 0. The van der Waals surface area contributed by atoms with E-state index in [1.807, 2.05) is 12.4 Å². The smallest absolute Gasteiger partial charge is 0.109 e. The summed E-state index contributed by atoms with van der Waals surface area (Å²) < 4.78 is 2.18. The van der Waals surface area contributed by atoms with E-state index in [0.29, 0.717) is 4.83 Å². The van der Waals surface area contributed by atoms with Gasteiger partial charge in [0.05, 0.1) is 0 Å². The van der Waals surface area contributed by atoms with Gasteiger partial charge in [-0.25, -0.2) is 4.98 Å². The second-order valence-corrected chi connectivity index (χ2v) is 4.13. The summed E-state index contributed by atoms with van der Waals surface area (Å²) in [4.78, 5) is 4.87. The molecule has 12 heavy (non-hydrogen) atoms. The number of nitrogens with zero attached hydrogens (tertiary/aromatic N) is 2. The molecule has 0 N–H and O–H groups in total. The first-order valence-corrected chi connectivity index (χ1v) is 5.33. The minimum atomic E-state index is 0.560. The first-order chi connectivity index (χ1) is 5.77. The number of aryl methyl sites for hydroxylation is 1. The molecule has 0 aliphatic rings. The Hall–Kier alpha value is -0.310. The van der Waals surface area contributed by atoms with Crippen LogP contribution in [0.3, 0.4) is 0 Å². The Kier molecular flexibility index (Phi) is 3.79. The second-order valence-electron chi connectivity index (χ2n) is 2.84. The molecule has 0 bridgehead atoms. The molecule has 0 saturated carbocycles. The maximum absolute atomic E-state index is 4.31. The van der Waals surface area contributed by atoms with Crippen LogP contribution in [0.15, 0.2) is 12.4 Å². The van der Waals surface area contributed by atoms with Crippen LogP contribution in [0.5, 0.6) is 0 Å². The molecule has 0 amide bonds. The van der Waals surface area contributed by atoms with Gasteiger partial charge in [0.25, 0.3) is 0 Å². The van der Waals surface area contributed by atoms with E-state index in [4.69, 9.17) is 0 Å². The Balaban J connectivity index is 2.61. The van der Waals surface area contributed by atoms with Gasteiger partial charge >= 0.3 is 0 Å². The van der Waals surface area contributed by atoms with E-state index in [2.05, 4.69) is 39.3 Å². The first kappa shape index (κ1) is 9.78. The zero-order chi connectivity index (χ0) is 8.97. The van der Waals surface area contributed by atoms with Crippen molar-refractivity contribution in [3.05, 3.63) is 18.2 Å². The minimum absolute atomic E-state index is 0.560. The zero-order valence-corrected chi connectivity index (χ0v) is 9.21. The zero-order valence-electron chi connectivity index (χ0n) is 7.63. The predicted octanol–water partition coefficient (Wildman–Crippen LogP) is 2.62. The van der Waals surface area contributed by atoms with Crippen LogP contribution in [0.2, 0.25) is 0 Å². The summed E-state index contributed by atoms with van der Waals surface area (Å²) in [6.45, 7) is 5.33. The molecule has 3 heteroatoms. The number of hydrogen-bond acceptors (Lipinski definition) is 1. The highest BCUT2D eigenvalue weighted by atomic mass is 79.9. The molecule has 0 saturated heterocycles. The van der Waals surface area contributed by atoms with E-state index in [9.17, 15) is 0 Å². The average Bonchev–Trinajstić information content (AvgIpc) is 2.51. The molecule has 1 unspecified atom stereocenters. The average molecular weight is 231 g/mol. The number of imidazole rings is 1. The molecule has 0 radical (unpaired) electrons. The molecule has 1 aromatic heterocycles. The van der Waals surface area contributed by atoms with Crippen LogP contribution in [-0.2, 0) is 13.0 Å². The molecule has 0 aliphatic heterocycles. The molecule has 0 aromatic carbocycles. The fourth-order valence-corrected chi connectivity index (χ4v) is 1.45. The predicted molar refractivity (Wildman–Crippen MR) is 54.6 cm³/mol. The van der Waals surface area contributed by atoms with Gasteiger partial charge < -0.3 is 4.57 Å². The van der Waals surface area contributed by atoms with Crippen LogP contribution in [0.25, 0.3) is 0 Å². The Morgan fingerprint density at radius 1 is 1.58 bits per heavy atom. The molecule has 0 spiro atoms. The lowest BCUT2D eigenvalue weighted by molar-refractivity contribution is 0.673. The van der Waals surface area contributed by atoms with Crippen molar-refractivity contribution in [2.45, 2.75) is 38.1 Å². The fraction of sp³-hybridized carbons (Fsp3) is 0.667. The van der Waals surface area contributed by atoms with Gasteiger partial charge in [-0.1, -0.05) is 22.9 Å². The quantitative estimate of drug-likeness (QED) is 0.728. The summed E-state index contributed by atoms with van der Waals surface area (Å²) in [5, 5.41) is 0. The largest absolute Gasteiger partial charge is 0.335 e. The van der Waals surface area contributed by atoms with Crippen LogP contribution < -0.4 is 0 Å². The number of rotatable bonds is 4. The van der Waals surface area contributed by atoms with Crippen LogP contribution in [0.1, 0.15) is 26.1 Å². The van der Waals surface area contributed by atoms with Crippen molar-refractivity contribution in [2.75, 3.05) is 0 Å². The molecule has 1 aromatic rings. The van der Waals surface area contributed by atoms with Gasteiger partial charge in [-0.3, -0.25) is 0 Å². The van der Waals surface area contributed by atoms with Crippen LogP contribution >= 0.6 is 15.9 Å². The summed E-state index contributed by atoms with van der Waals surface area (Å²) >= 11 is 3.61. The summed E-state index contributed by atoms with van der Waals surface area (Å²) in [5.41, 5.74) is 0. The van der Waals surface area contributed by atoms with Crippen LogP contribution in [0.4, 0.5) is 0 Å². The van der Waals surface area contributed by atoms with Crippen molar-refractivity contribution in [1.29, 1.82) is 0 Å². The normalized spacial score (nSPS) is 13.2. The van der Waals surface area contributed by atoms with Gasteiger partial charge in [0.15, 0.2) is 0 Å². The van der Waals surface area contributed by atoms with E-state index in [1.165, 1.54) is 5.82 Å². The van der Waals surface area contributed by atoms with Gasteiger partial charge in [0.1, 0.15) is 5.82 Å². The first-order valence-electron chi connectivity index (χ1n) is 4.42. The molecule has 1 rings (SSSR count). The Morgan fingerprint density at radius 2 is 2.33 bits per heavy atom. The van der Waals surface area contributed by atoms with E-state index in [0.717, 1.165) is 19.4 Å². The fourth-order valence-electron chi connectivity index (χ4n) is 1.16. The van der Waals surface area contributed by atoms with Gasteiger partial charge in [-0.15, -0.1) is 0 Å². The Bertz CT molecular complexity index is 232. The third kappa shape index (κ3) is 2.34. The lowest BCUT2D eigenvalue weighted by Gasteiger charge is -2.07. The van der Waals surface area contributed by atoms with Gasteiger partial charge in [0, 0.05) is 30.2 Å². The number of aromatic nitrogens is 2. The second kappa shape index (κ2) is 4.65. The maximum Gasteiger partial charge on any atom is 0.109 e. The maximum atomic E-state index is 4.31. The molecular weight excluding hydrogens is 216 g/mol. The van der Waals surface area contributed by atoms with E-state index >= 15 is 0 Å². The third-order valence-corrected chi connectivity index (χ3v) is 2.96. The Labute approximate surface area is 82.1 Å². The van der Waals surface area contributed by atoms with Gasteiger partial charge in [-0.2, -0.15) is 0 Å². The highest BCUT2D eigenvalue weighted by molar-refractivity contribution is 9.09. The molecule has 0 fully saturated rings. The third-order valence-electron chi connectivity index (χ3n) is 1.99. The molecule has 68 valence electrons. The lowest BCUT2D eigenvalue weighted by Crippen LogP contribution is -2.08.